The van der Waals surface area contributed by atoms with Crippen LogP contribution in [-0.4, -0.2) is 52.5 Å². The average Bonchev–Trinajstić information content (AvgIpc) is 2.76. The fraction of sp³-hybridized carbons (Fsp3) is 0.818. The second-order valence-corrected chi connectivity index (χ2v) is 4.60. The van der Waals surface area contributed by atoms with Crippen molar-refractivity contribution in [2.24, 2.45) is 0 Å². The zero-order valence-electron chi connectivity index (χ0n) is 10.7. The summed E-state index contributed by atoms with van der Waals surface area (Å²) in [6.45, 7) is 1.81. The van der Waals surface area contributed by atoms with Crippen LogP contribution in [0.5, 0.6) is 0 Å². The minimum absolute atomic E-state index is 0.170. The fourth-order valence-corrected chi connectivity index (χ4v) is 2.06. The van der Waals surface area contributed by atoms with E-state index in [9.17, 15) is 13.2 Å². The molecular formula is C11H17F3N4O. The van der Waals surface area contributed by atoms with E-state index in [0.717, 1.165) is 18.7 Å². The van der Waals surface area contributed by atoms with Gasteiger partial charge in [-0.15, -0.1) is 0 Å². The molecule has 0 aliphatic carbocycles. The molecule has 1 aromatic rings. The molecule has 0 aromatic carbocycles. The van der Waals surface area contributed by atoms with E-state index in [1.807, 2.05) is 6.92 Å². The lowest BCUT2D eigenvalue weighted by molar-refractivity contribution is -0.160. The highest BCUT2D eigenvalue weighted by Gasteiger charge is 2.34. The first kappa shape index (κ1) is 14.3. The Morgan fingerprint density at radius 1 is 1.47 bits per heavy atom. The number of aromatic nitrogens is 3. The van der Waals surface area contributed by atoms with Crippen molar-refractivity contribution in [3.8, 4) is 0 Å². The molecule has 0 bridgehead atoms. The number of ether oxygens (including phenoxy) is 1. The predicted molar refractivity (Wildman–Crippen MR) is 61.6 cm³/mol. The predicted octanol–water partition coefficient (Wildman–Crippen LogP) is 1.69. The first-order valence-corrected chi connectivity index (χ1v) is 6.30. The zero-order valence-corrected chi connectivity index (χ0v) is 10.7. The van der Waals surface area contributed by atoms with Gasteiger partial charge in [0.1, 0.15) is 11.9 Å². The Balaban J connectivity index is 1.96. The van der Waals surface area contributed by atoms with Crippen molar-refractivity contribution in [1.29, 1.82) is 0 Å². The molecule has 108 valence electrons. The van der Waals surface area contributed by atoms with Gasteiger partial charge in [-0.1, -0.05) is 6.92 Å². The van der Waals surface area contributed by atoms with Crippen LogP contribution >= 0.6 is 0 Å². The minimum atomic E-state index is -4.19. The van der Waals surface area contributed by atoms with Gasteiger partial charge < -0.3 is 4.74 Å². The lowest BCUT2D eigenvalue weighted by Crippen LogP contribution is -2.43. The number of hydrogen-bond acceptors (Lipinski definition) is 4. The molecule has 1 aliphatic rings. The summed E-state index contributed by atoms with van der Waals surface area (Å²) < 4.78 is 42.5. The van der Waals surface area contributed by atoms with Gasteiger partial charge in [-0.3, -0.25) is 10.00 Å². The Hall–Kier alpha value is -1.15. The highest BCUT2D eigenvalue weighted by atomic mass is 19.4. The molecule has 1 N–H and O–H groups in total. The number of alkyl halides is 3. The maximum atomic E-state index is 12.4. The van der Waals surface area contributed by atoms with Crippen LogP contribution in [0.2, 0.25) is 0 Å². The van der Waals surface area contributed by atoms with Crippen LogP contribution in [-0.2, 0) is 11.2 Å². The number of H-pyrrole nitrogens is 1. The van der Waals surface area contributed by atoms with Crippen molar-refractivity contribution in [2.75, 3.05) is 26.2 Å². The van der Waals surface area contributed by atoms with Crippen molar-refractivity contribution < 1.29 is 17.9 Å². The Bertz CT molecular complexity index is 407. The number of halogens is 3. The quantitative estimate of drug-likeness (QED) is 0.910. The van der Waals surface area contributed by atoms with E-state index in [1.54, 1.807) is 0 Å². The second kappa shape index (κ2) is 5.87. The summed E-state index contributed by atoms with van der Waals surface area (Å²) >= 11 is 0. The molecule has 0 radical (unpaired) electrons. The lowest BCUT2D eigenvalue weighted by atomic mass is 10.2. The molecule has 0 saturated carbocycles. The normalized spacial score (nSPS) is 21.8. The first-order chi connectivity index (χ1) is 8.98. The number of hydrogen-bond donors (Lipinski definition) is 1. The van der Waals surface area contributed by atoms with Crippen LogP contribution in [0.15, 0.2) is 0 Å². The summed E-state index contributed by atoms with van der Waals surface area (Å²) in [5.74, 6) is 1.18. The molecule has 1 saturated heterocycles. The van der Waals surface area contributed by atoms with Gasteiger partial charge in [0.15, 0.2) is 5.82 Å². The van der Waals surface area contributed by atoms with Crippen molar-refractivity contribution in [2.45, 2.75) is 32.0 Å². The van der Waals surface area contributed by atoms with Gasteiger partial charge in [0, 0.05) is 19.5 Å². The van der Waals surface area contributed by atoms with Crippen LogP contribution < -0.4 is 0 Å². The van der Waals surface area contributed by atoms with Crippen LogP contribution in [0.4, 0.5) is 13.2 Å². The lowest BCUT2D eigenvalue weighted by Gasteiger charge is -2.31. The monoisotopic (exact) mass is 278 g/mol. The summed E-state index contributed by atoms with van der Waals surface area (Å²) in [4.78, 5) is 5.58. The molecule has 5 nitrogen and oxygen atoms in total. The maximum absolute atomic E-state index is 12.4. The molecule has 2 rings (SSSR count). The van der Waals surface area contributed by atoms with E-state index in [2.05, 4.69) is 15.2 Å². The molecule has 8 heteroatoms. The summed E-state index contributed by atoms with van der Waals surface area (Å²) in [6, 6.07) is 0. The summed E-state index contributed by atoms with van der Waals surface area (Å²) in [7, 11) is 0. The van der Waals surface area contributed by atoms with E-state index < -0.39 is 18.8 Å². The molecule has 2 heterocycles. The van der Waals surface area contributed by atoms with Crippen molar-refractivity contribution in [3.63, 3.8) is 0 Å². The van der Waals surface area contributed by atoms with Crippen LogP contribution in [0.3, 0.4) is 0 Å². The molecule has 19 heavy (non-hydrogen) atoms. The van der Waals surface area contributed by atoms with Crippen molar-refractivity contribution in [3.05, 3.63) is 11.6 Å². The first-order valence-electron chi connectivity index (χ1n) is 6.30. The van der Waals surface area contributed by atoms with Gasteiger partial charge in [-0.2, -0.15) is 18.3 Å². The number of nitrogens with one attached hydrogen (secondary N) is 1. The van der Waals surface area contributed by atoms with Gasteiger partial charge >= 0.3 is 6.18 Å². The largest absolute Gasteiger partial charge is 0.401 e. The van der Waals surface area contributed by atoms with E-state index in [0.29, 0.717) is 5.82 Å². The van der Waals surface area contributed by atoms with E-state index >= 15 is 0 Å². The van der Waals surface area contributed by atoms with Crippen LogP contribution in [0.1, 0.15) is 31.1 Å². The highest BCUT2D eigenvalue weighted by molar-refractivity contribution is 4.97. The number of aryl methyl sites for hydroxylation is 1. The van der Waals surface area contributed by atoms with E-state index in [1.165, 1.54) is 4.90 Å². The highest BCUT2D eigenvalue weighted by Crippen LogP contribution is 2.23. The fourth-order valence-electron chi connectivity index (χ4n) is 2.06. The molecule has 1 aliphatic heterocycles. The van der Waals surface area contributed by atoms with Crippen molar-refractivity contribution in [1.82, 2.24) is 20.1 Å². The number of morpholine rings is 1. The summed E-state index contributed by atoms with van der Waals surface area (Å²) in [6.07, 6.45) is -2.97. The Morgan fingerprint density at radius 3 is 2.95 bits per heavy atom. The van der Waals surface area contributed by atoms with Gasteiger partial charge in [0.2, 0.25) is 0 Å². The van der Waals surface area contributed by atoms with Crippen LogP contribution in [0.25, 0.3) is 0 Å². The van der Waals surface area contributed by atoms with Gasteiger partial charge in [-0.05, 0) is 6.42 Å². The third kappa shape index (κ3) is 4.17. The Kier molecular flexibility index (Phi) is 4.41. The third-order valence-electron chi connectivity index (χ3n) is 2.88. The van der Waals surface area contributed by atoms with Gasteiger partial charge in [0.25, 0.3) is 0 Å². The molecular weight excluding hydrogens is 261 g/mol. The maximum Gasteiger partial charge on any atom is 0.401 e. The topological polar surface area (TPSA) is 54.0 Å². The number of aromatic amines is 1. The standard InChI is InChI=1S/C11H17F3N4O/c1-2-3-9-15-10(17-16-9)8-6-18(4-5-19-8)7-11(12,13)14/h8H,2-7H2,1H3,(H,15,16,17)/t8-/m1/s1. The molecule has 0 amide bonds. The van der Waals surface area contributed by atoms with E-state index in [4.69, 9.17) is 4.74 Å². The zero-order chi connectivity index (χ0) is 13.9. The molecule has 1 aromatic heterocycles. The summed E-state index contributed by atoms with van der Waals surface area (Å²) in [5, 5.41) is 6.81. The Morgan fingerprint density at radius 2 is 2.26 bits per heavy atom. The average molecular weight is 278 g/mol. The number of nitrogens with zero attached hydrogens (tertiary/aromatic N) is 3. The number of rotatable bonds is 4. The SMILES string of the molecule is CCCc1nc([C@H]2CN(CC(F)(F)F)CCO2)n[nH]1. The Labute approximate surface area is 109 Å². The molecule has 0 spiro atoms. The molecule has 0 unspecified atom stereocenters. The van der Waals surface area contributed by atoms with E-state index in [-0.39, 0.29) is 19.7 Å². The third-order valence-corrected chi connectivity index (χ3v) is 2.88. The second-order valence-electron chi connectivity index (χ2n) is 4.60. The molecule has 1 fully saturated rings. The van der Waals surface area contributed by atoms with Crippen LogP contribution in [0, 0.1) is 0 Å². The van der Waals surface area contributed by atoms with Gasteiger partial charge in [0.05, 0.1) is 13.2 Å². The van der Waals surface area contributed by atoms with Gasteiger partial charge in [-0.25, -0.2) is 4.98 Å². The van der Waals surface area contributed by atoms with Crippen molar-refractivity contribution >= 4 is 0 Å². The smallest absolute Gasteiger partial charge is 0.367 e. The summed E-state index contributed by atoms with van der Waals surface area (Å²) in [5.41, 5.74) is 0. The molecule has 1 atom stereocenters. The minimum Gasteiger partial charge on any atom is -0.367 e.